The molecule has 1 aliphatic carbocycles. The first kappa shape index (κ1) is 17.2. The second-order valence-corrected chi connectivity index (χ2v) is 8.04. The zero-order chi connectivity index (χ0) is 16.9. The summed E-state index contributed by atoms with van der Waals surface area (Å²) in [4.78, 5) is 0.521. The Hall–Kier alpha value is -1.18. The molecule has 0 aromatic heterocycles. The number of alkyl halides is 6. The minimum atomic E-state index is -4.65. The topological polar surface area (TPSA) is 0 Å². The van der Waals surface area contributed by atoms with Crippen LogP contribution in [0.3, 0.4) is 0 Å². The van der Waals surface area contributed by atoms with Crippen LogP contribution in [0.2, 0.25) is 13.1 Å². The van der Waals surface area contributed by atoms with Crippen LogP contribution in [0, 0.1) is 10.7 Å². The van der Waals surface area contributed by atoms with Gasteiger partial charge in [0.05, 0.1) is 0 Å². The van der Waals surface area contributed by atoms with Gasteiger partial charge in [0, 0.05) is 0 Å². The van der Waals surface area contributed by atoms with Crippen molar-refractivity contribution in [2.24, 2.45) is 5.92 Å². The minimum absolute atomic E-state index is 0.00322. The summed E-state index contributed by atoms with van der Waals surface area (Å²) in [6.07, 6.45) is -9.30. The van der Waals surface area contributed by atoms with Gasteiger partial charge in [-0.1, -0.05) is 0 Å². The van der Waals surface area contributed by atoms with Crippen molar-refractivity contribution in [2.45, 2.75) is 32.3 Å². The van der Waals surface area contributed by atoms with Gasteiger partial charge < -0.3 is 0 Å². The van der Waals surface area contributed by atoms with Gasteiger partial charge in [-0.05, 0) is 0 Å². The fourth-order valence-electron chi connectivity index (χ4n) is 2.87. The average Bonchev–Trinajstić information content (AvgIpc) is 2.60. The molecule has 1 unspecified atom stereocenters. The molecule has 0 spiro atoms. The molecule has 0 heterocycles. The fourth-order valence-corrected chi connectivity index (χ4v) is 4.07. The summed E-state index contributed by atoms with van der Waals surface area (Å²) < 4.78 is 78.3. The van der Waals surface area contributed by atoms with Crippen LogP contribution in [0.1, 0.15) is 12.5 Å². The SMILES string of the molecule is CC1C(=BC(F)(F)F)c2cccc(=[Si](C)C)c2=C1C(F)(F)F. The van der Waals surface area contributed by atoms with E-state index in [0.717, 1.165) is 0 Å². The van der Waals surface area contributed by atoms with E-state index in [9.17, 15) is 26.3 Å². The summed E-state index contributed by atoms with van der Waals surface area (Å²) in [5, 5.41) is -0.0445. The summed E-state index contributed by atoms with van der Waals surface area (Å²) in [5.74, 6) is -1.32. The molecule has 0 amide bonds. The van der Waals surface area contributed by atoms with E-state index in [0.29, 0.717) is 4.81 Å². The second kappa shape index (κ2) is 5.47. The average molecular weight is 334 g/mol. The van der Waals surface area contributed by atoms with Crippen molar-refractivity contribution in [1.82, 2.24) is 0 Å². The third-order valence-electron chi connectivity index (χ3n) is 3.71. The predicted octanol–water partition coefficient (Wildman–Crippen LogP) is 3.38. The summed E-state index contributed by atoms with van der Waals surface area (Å²) in [5.41, 5.74) is -1.11. The van der Waals surface area contributed by atoms with Crippen molar-refractivity contribution in [2.75, 3.05) is 0 Å². The van der Waals surface area contributed by atoms with E-state index in [-0.39, 0.29) is 23.2 Å². The van der Waals surface area contributed by atoms with E-state index in [4.69, 9.17) is 0 Å². The summed E-state index contributed by atoms with van der Waals surface area (Å²) in [7, 11) is -1.25. The van der Waals surface area contributed by atoms with Crippen LogP contribution >= 0.6 is 0 Å². The first-order valence-electron chi connectivity index (χ1n) is 6.61. The number of benzene rings is 1. The van der Waals surface area contributed by atoms with Gasteiger partial charge in [-0.2, -0.15) is 0 Å². The van der Waals surface area contributed by atoms with E-state index >= 15 is 0 Å². The molecule has 118 valence electrons. The van der Waals surface area contributed by atoms with Gasteiger partial charge in [0.2, 0.25) is 0 Å². The molecule has 1 aromatic rings. The monoisotopic (exact) mass is 334 g/mol. The number of rotatable bonds is 0. The Morgan fingerprint density at radius 1 is 1.05 bits per heavy atom. The first-order valence-corrected chi connectivity index (χ1v) is 9.11. The third kappa shape index (κ3) is 3.11. The van der Waals surface area contributed by atoms with E-state index in [2.05, 4.69) is 0 Å². The Labute approximate surface area is 125 Å². The second-order valence-electron chi connectivity index (χ2n) is 5.50. The summed E-state index contributed by atoms with van der Waals surface area (Å²) in [6, 6.07) is 4.46. The Bertz CT molecular complexity index is 753. The van der Waals surface area contributed by atoms with Crippen molar-refractivity contribution in [3.63, 3.8) is 0 Å². The van der Waals surface area contributed by atoms with Crippen molar-refractivity contribution in [3.8, 4) is 0 Å². The molecule has 0 nitrogen and oxygen atoms in total. The molecule has 2 rings (SSSR count). The quantitative estimate of drug-likeness (QED) is 0.504. The van der Waals surface area contributed by atoms with E-state index in [1.807, 2.05) is 13.1 Å². The molecule has 0 fully saturated rings. The van der Waals surface area contributed by atoms with Crippen LogP contribution in [0.15, 0.2) is 18.2 Å². The molecule has 0 aliphatic heterocycles. The van der Waals surface area contributed by atoms with Gasteiger partial charge in [0.25, 0.3) is 0 Å². The molecule has 0 radical (unpaired) electrons. The Kier molecular flexibility index (Phi) is 4.27. The maximum absolute atomic E-state index is 13.4. The predicted molar refractivity (Wildman–Crippen MR) is 76.9 cm³/mol. The zero-order valence-electron chi connectivity index (χ0n) is 12.2. The molecule has 0 saturated carbocycles. The molecular formula is C14H13BF6Si. The standard InChI is InChI=1S/C14H13BF6Si/c1-7-11(13(16,17)18)10-8(12(7)15-14(19,20)21)5-4-6-9(10)22(2)3/h4-7H,1-3H3. The Morgan fingerprint density at radius 3 is 2.09 bits per heavy atom. The van der Waals surface area contributed by atoms with Crippen molar-refractivity contribution >= 4 is 26.4 Å². The third-order valence-corrected chi connectivity index (χ3v) is 5.20. The van der Waals surface area contributed by atoms with Crippen LogP contribution in [-0.4, -0.2) is 33.0 Å². The van der Waals surface area contributed by atoms with E-state index in [1.54, 1.807) is 6.07 Å². The van der Waals surface area contributed by atoms with Crippen molar-refractivity contribution < 1.29 is 26.3 Å². The molecule has 0 N–H and O–H groups in total. The van der Waals surface area contributed by atoms with Crippen LogP contribution < -0.4 is 5.22 Å². The summed E-state index contributed by atoms with van der Waals surface area (Å²) in [6.45, 7) is 4.83. The van der Waals surface area contributed by atoms with E-state index in [1.165, 1.54) is 19.1 Å². The zero-order valence-corrected chi connectivity index (χ0v) is 13.2. The van der Waals surface area contributed by atoms with Crippen LogP contribution in [0.5, 0.6) is 0 Å². The molecule has 1 atom stereocenters. The Morgan fingerprint density at radius 2 is 1.64 bits per heavy atom. The molecular weight excluding hydrogens is 321 g/mol. The molecule has 0 saturated heterocycles. The number of halogens is 6. The van der Waals surface area contributed by atoms with Gasteiger partial charge in [-0.15, -0.1) is 0 Å². The van der Waals surface area contributed by atoms with Crippen molar-refractivity contribution in [1.29, 1.82) is 0 Å². The van der Waals surface area contributed by atoms with Crippen molar-refractivity contribution in [3.05, 3.63) is 33.8 Å². The van der Waals surface area contributed by atoms with Gasteiger partial charge in [0.15, 0.2) is 0 Å². The normalized spacial score (nSPS) is 20.1. The van der Waals surface area contributed by atoms with Crippen LogP contribution in [0.4, 0.5) is 26.3 Å². The van der Waals surface area contributed by atoms with Gasteiger partial charge in [0.1, 0.15) is 0 Å². The molecule has 8 heteroatoms. The van der Waals surface area contributed by atoms with Gasteiger partial charge >= 0.3 is 125 Å². The van der Waals surface area contributed by atoms with Crippen LogP contribution in [-0.2, 0) is 0 Å². The van der Waals surface area contributed by atoms with Crippen LogP contribution in [0.25, 0.3) is 5.57 Å². The first-order chi connectivity index (χ1) is 9.93. The Balaban J connectivity index is 2.98. The summed E-state index contributed by atoms with van der Waals surface area (Å²) >= 11 is 0. The molecule has 1 aromatic carbocycles. The van der Waals surface area contributed by atoms with Gasteiger partial charge in [-0.3, -0.25) is 0 Å². The van der Waals surface area contributed by atoms with E-state index < -0.39 is 32.2 Å². The molecule has 1 aliphatic rings. The maximum atomic E-state index is 13.4. The molecule has 0 bridgehead atoms. The number of hydrogen-bond acceptors (Lipinski definition) is 0. The molecule has 22 heavy (non-hydrogen) atoms. The van der Waals surface area contributed by atoms with Gasteiger partial charge in [-0.25, -0.2) is 0 Å². The number of fused-ring (bicyclic) bond motifs is 1. The fraction of sp³-hybridized carbons (Fsp3) is 0.429. The number of hydrogen-bond donors (Lipinski definition) is 0.